The van der Waals surface area contributed by atoms with E-state index < -0.39 is 0 Å². The molecular formula is C13H19ClN6. The van der Waals surface area contributed by atoms with Crippen molar-refractivity contribution in [1.29, 1.82) is 0 Å². The number of hydrogen-bond acceptors (Lipinski definition) is 4. The van der Waals surface area contributed by atoms with Crippen molar-refractivity contribution in [3.05, 3.63) is 29.6 Å². The average molecular weight is 295 g/mol. The first-order chi connectivity index (χ1) is 9.72. The molecule has 0 aromatic carbocycles. The Morgan fingerprint density at radius 1 is 1.30 bits per heavy atom. The maximum absolute atomic E-state index is 5.86. The average Bonchev–Trinajstić information content (AvgIpc) is 3.06. The summed E-state index contributed by atoms with van der Waals surface area (Å²) >= 11 is 5.86. The third-order valence-corrected chi connectivity index (χ3v) is 4.14. The van der Waals surface area contributed by atoms with Crippen LogP contribution in [0.1, 0.15) is 24.6 Å². The SMILES string of the molecule is Cn1cnnc1C1CCN(CCn2cc(Cl)cn2)CC1. The molecule has 1 fully saturated rings. The van der Waals surface area contributed by atoms with E-state index >= 15 is 0 Å². The van der Waals surface area contributed by atoms with Gasteiger partial charge in [-0.1, -0.05) is 11.6 Å². The van der Waals surface area contributed by atoms with Gasteiger partial charge in [-0.25, -0.2) is 0 Å². The van der Waals surface area contributed by atoms with E-state index in [9.17, 15) is 0 Å². The Bertz CT molecular complexity index is 555. The Morgan fingerprint density at radius 3 is 2.70 bits per heavy atom. The van der Waals surface area contributed by atoms with Crippen molar-refractivity contribution in [2.45, 2.75) is 25.3 Å². The van der Waals surface area contributed by atoms with Gasteiger partial charge >= 0.3 is 0 Å². The Labute approximate surface area is 123 Å². The molecule has 0 bridgehead atoms. The zero-order chi connectivity index (χ0) is 13.9. The molecule has 3 heterocycles. The second-order valence-electron chi connectivity index (χ2n) is 5.34. The van der Waals surface area contributed by atoms with E-state index in [1.165, 1.54) is 0 Å². The summed E-state index contributed by atoms with van der Waals surface area (Å²) < 4.78 is 3.93. The molecule has 1 aliphatic rings. The van der Waals surface area contributed by atoms with Crippen molar-refractivity contribution in [1.82, 2.24) is 29.4 Å². The predicted molar refractivity (Wildman–Crippen MR) is 76.7 cm³/mol. The highest BCUT2D eigenvalue weighted by atomic mass is 35.5. The van der Waals surface area contributed by atoms with Gasteiger partial charge in [-0.15, -0.1) is 10.2 Å². The summed E-state index contributed by atoms with van der Waals surface area (Å²) in [6.45, 7) is 4.12. The Morgan fingerprint density at radius 2 is 2.10 bits per heavy atom. The van der Waals surface area contributed by atoms with Crippen molar-refractivity contribution in [2.24, 2.45) is 7.05 Å². The molecule has 0 saturated carbocycles. The second-order valence-corrected chi connectivity index (χ2v) is 5.77. The number of halogens is 1. The first kappa shape index (κ1) is 13.6. The van der Waals surface area contributed by atoms with Crippen LogP contribution in [0.5, 0.6) is 0 Å². The largest absolute Gasteiger partial charge is 0.320 e. The van der Waals surface area contributed by atoms with Gasteiger partial charge in [0.1, 0.15) is 12.2 Å². The minimum atomic E-state index is 0.540. The summed E-state index contributed by atoms with van der Waals surface area (Å²) in [5.74, 6) is 1.65. The molecule has 0 aliphatic carbocycles. The van der Waals surface area contributed by atoms with Crippen LogP contribution >= 0.6 is 11.6 Å². The molecule has 0 N–H and O–H groups in total. The highest BCUT2D eigenvalue weighted by molar-refractivity contribution is 6.30. The normalized spacial score (nSPS) is 17.7. The van der Waals surface area contributed by atoms with Gasteiger partial charge in [0.25, 0.3) is 0 Å². The minimum absolute atomic E-state index is 0.540. The van der Waals surface area contributed by atoms with Gasteiger partial charge in [-0.2, -0.15) is 5.10 Å². The molecule has 1 aliphatic heterocycles. The molecule has 3 rings (SSSR count). The third-order valence-electron chi connectivity index (χ3n) is 3.95. The number of piperidine rings is 1. The Balaban J connectivity index is 1.48. The number of likely N-dealkylation sites (tertiary alicyclic amines) is 1. The molecule has 108 valence electrons. The summed E-state index contributed by atoms with van der Waals surface area (Å²) in [6, 6.07) is 0. The number of hydrogen-bond donors (Lipinski definition) is 0. The molecule has 0 amide bonds. The van der Waals surface area contributed by atoms with E-state index in [-0.39, 0.29) is 0 Å². The second kappa shape index (κ2) is 5.93. The van der Waals surface area contributed by atoms with Crippen LogP contribution in [0, 0.1) is 0 Å². The topological polar surface area (TPSA) is 51.8 Å². The van der Waals surface area contributed by atoms with Crippen molar-refractivity contribution in [3.63, 3.8) is 0 Å². The summed E-state index contributed by atoms with van der Waals surface area (Å²) in [4.78, 5) is 2.47. The van der Waals surface area contributed by atoms with Gasteiger partial charge in [0.2, 0.25) is 0 Å². The Kier molecular flexibility index (Phi) is 4.03. The first-order valence-electron chi connectivity index (χ1n) is 6.96. The summed E-state index contributed by atoms with van der Waals surface area (Å²) in [5.41, 5.74) is 0. The van der Waals surface area contributed by atoms with Crippen LogP contribution in [0.15, 0.2) is 18.7 Å². The molecular weight excluding hydrogens is 276 g/mol. The smallest absolute Gasteiger partial charge is 0.135 e. The molecule has 0 spiro atoms. The molecule has 1 saturated heterocycles. The van der Waals surface area contributed by atoms with Crippen molar-refractivity contribution < 1.29 is 0 Å². The summed E-state index contributed by atoms with van der Waals surface area (Å²) in [6.07, 6.45) is 7.62. The Hall–Kier alpha value is -1.40. The summed E-state index contributed by atoms with van der Waals surface area (Å²) in [5, 5.41) is 13.1. The molecule has 0 atom stereocenters. The van der Waals surface area contributed by atoms with Crippen LogP contribution in [0.2, 0.25) is 5.02 Å². The van der Waals surface area contributed by atoms with Crippen LogP contribution in [-0.2, 0) is 13.6 Å². The van der Waals surface area contributed by atoms with Gasteiger partial charge in [0.05, 0.1) is 17.8 Å². The molecule has 20 heavy (non-hydrogen) atoms. The lowest BCUT2D eigenvalue weighted by atomic mass is 9.96. The van der Waals surface area contributed by atoms with Crippen LogP contribution in [0.25, 0.3) is 0 Å². The van der Waals surface area contributed by atoms with E-state index in [2.05, 4.69) is 20.2 Å². The fourth-order valence-electron chi connectivity index (χ4n) is 2.78. The number of aryl methyl sites for hydroxylation is 1. The lowest BCUT2D eigenvalue weighted by Gasteiger charge is -2.31. The van der Waals surface area contributed by atoms with Crippen molar-refractivity contribution in [2.75, 3.05) is 19.6 Å². The first-order valence-corrected chi connectivity index (χ1v) is 7.34. The molecule has 0 unspecified atom stereocenters. The van der Waals surface area contributed by atoms with Gasteiger partial charge < -0.3 is 9.47 Å². The van der Waals surface area contributed by atoms with Crippen LogP contribution in [-0.4, -0.2) is 49.1 Å². The van der Waals surface area contributed by atoms with Gasteiger partial charge in [0.15, 0.2) is 0 Å². The van der Waals surface area contributed by atoms with Crippen LogP contribution < -0.4 is 0 Å². The van der Waals surface area contributed by atoms with Gasteiger partial charge in [0, 0.05) is 25.7 Å². The standard InChI is InChI=1S/C13H19ClN6/c1-18-10-15-17-13(18)11-2-4-19(5-3-11)6-7-20-9-12(14)8-16-20/h8-11H,2-7H2,1H3. The van der Waals surface area contributed by atoms with Crippen LogP contribution in [0.4, 0.5) is 0 Å². The fourth-order valence-corrected chi connectivity index (χ4v) is 2.94. The lowest BCUT2D eigenvalue weighted by Crippen LogP contribution is -2.35. The third kappa shape index (κ3) is 3.02. The molecule has 0 radical (unpaired) electrons. The monoisotopic (exact) mass is 294 g/mol. The minimum Gasteiger partial charge on any atom is -0.320 e. The zero-order valence-corrected chi connectivity index (χ0v) is 12.4. The van der Waals surface area contributed by atoms with E-state index in [4.69, 9.17) is 11.6 Å². The molecule has 7 heteroatoms. The van der Waals surface area contributed by atoms with E-state index in [0.29, 0.717) is 10.9 Å². The number of aromatic nitrogens is 5. The van der Waals surface area contributed by atoms with E-state index in [1.54, 1.807) is 12.5 Å². The number of rotatable bonds is 4. The maximum atomic E-state index is 5.86. The van der Waals surface area contributed by atoms with E-state index in [1.807, 2.05) is 22.5 Å². The molecule has 2 aromatic heterocycles. The molecule has 6 nitrogen and oxygen atoms in total. The predicted octanol–water partition coefficient (Wildman–Crippen LogP) is 1.54. The van der Waals surface area contributed by atoms with Crippen LogP contribution in [0.3, 0.4) is 0 Å². The van der Waals surface area contributed by atoms with E-state index in [0.717, 1.165) is 44.8 Å². The quantitative estimate of drug-likeness (QED) is 0.858. The van der Waals surface area contributed by atoms with Crippen molar-refractivity contribution in [3.8, 4) is 0 Å². The number of nitrogens with zero attached hydrogens (tertiary/aromatic N) is 6. The zero-order valence-electron chi connectivity index (χ0n) is 11.6. The van der Waals surface area contributed by atoms with Gasteiger partial charge in [-0.05, 0) is 25.9 Å². The highest BCUT2D eigenvalue weighted by Gasteiger charge is 2.23. The fraction of sp³-hybridized carbons (Fsp3) is 0.615. The van der Waals surface area contributed by atoms with Gasteiger partial charge in [-0.3, -0.25) is 4.68 Å². The molecule has 2 aromatic rings. The lowest BCUT2D eigenvalue weighted by molar-refractivity contribution is 0.199. The maximum Gasteiger partial charge on any atom is 0.135 e. The highest BCUT2D eigenvalue weighted by Crippen LogP contribution is 2.25. The van der Waals surface area contributed by atoms with Crippen molar-refractivity contribution >= 4 is 11.6 Å². The summed E-state index contributed by atoms with van der Waals surface area (Å²) in [7, 11) is 2.02.